The van der Waals surface area contributed by atoms with E-state index in [1.807, 2.05) is 36.4 Å². The lowest BCUT2D eigenvalue weighted by molar-refractivity contribution is 0.556. The van der Waals surface area contributed by atoms with Crippen molar-refractivity contribution in [1.29, 1.82) is 0 Å². The molecule has 2 nitrogen and oxygen atoms in total. The van der Waals surface area contributed by atoms with Gasteiger partial charge in [-0.1, -0.05) is 101 Å². The van der Waals surface area contributed by atoms with Crippen LogP contribution in [0.3, 0.4) is 0 Å². The lowest BCUT2D eigenvalue weighted by Gasteiger charge is -2.05. The van der Waals surface area contributed by atoms with Crippen LogP contribution in [0.25, 0.3) is 0 Å². The lowest BCUT2D eigenvalue weighted by Crippen LogP contribution is -1.87. The van der Waals surface area contributed by atoms with Gasteiger partial charge in [0.25, 0.3) is 0 Å². The molecule has 0 unspecified atom stereocenters. The maximum atomic E-state index is 4.47. The summed E-state index contributed by atoms with van der Waals surface area (Å²) in [4.78, 5) is 0. The van der Waals surface area contributed by atoms with Gasteiger partial charge in [0.1, 0.15) is 0 Å². The molecule has 140 valence electrons. The second-order valence-corrected chi connectivity index (χ2v) is 7.10. The summed E-state index contributed by atoms with van der Waals surface area (Å²) >= 11 is 0. The van der Waals surface area contributed by atoms with E-state index in [1.54, 1.807) is 0 Å². The van der Waals surface area contributed by atoms with E-state index in [4.69, 9.17) is 0 Å². The summed E-state index contributed by atoms with van der Waals surface area (Å²) in [6.07, 6.45) is 14.8. The van der Waals surface area contributed by atoms with Crippen molar-refractivity contribution in [3.63, 3.8) is 0 Å². The summed E-state index contributed by atoms with van der Waals surface area (Å²) in [5.41, 5.74) is 3.22. The van der Waals surface area contributed by atoms with Crippen molar-refractivity contribution in [2.45, 2.75) is 77.6 Å². The fraction of sp³-hybridized carbons (Fsp3) is 0.500. The third kappa shape index (κ3) is 8.42. The van der Waals surface area contributed by atoms with Crippen molar-refractivity contribution in [1.82, 2.24) is 0 Å². The summed E-state index contributed by atoms with van der Waals surface area (Å²) in [6.45, 7) is 2.28. The fourth-order valence-corrected chi connectivity index (χ4v) is 3.23. The number of hydrogen-bond acceptors (Lipinski definition) is 2. The molecule has 0 atom stereocenters. The largest absolute Gasteiger partial charge is 0.151 e. The molecule has 0 saturated carbocycles. The first kappa shape index (κ1) is 20.4. The van der Waals surface area contributed by atoms with E-state index >= 15 is 0 Å². The molecule has 0 bridgehead atoms. The monoisotopic (exact) mass is 350 g/mol. The minimum atomic E-state index is 0.904. The Labute approximate surface area is 159 Å². The molecule has 0 radical (unpaired) electrons. The van der Waals surface area contributed by atoms with Gasteiger partial charge < -0.3 is 0 Å². The predicted molar refractivity (Wildman–Crippen MR) is 113 cm³/mol. The van der Waals surface area contributed by atoms with Gasteiger partial charge in [-0.25, -0.2) is 0 Å². The molecule has 0 aliphatic rings. The highest BCUT2D eigenvalue weighted by molar-refractivity contribution is 5.46. The SMILES string of the molecule is CCCCCCCCCCCCc1ccccc1N=Nc1ccccc1. The molecule has 2 aromatic rings. The predicted octanol–water partition coefficient (Wildman–Crippen LogP) is 8.57. The quantitative estimate of drug-likeness (QED) is 0.255. The van der Waals surface area contributed by atoms with Gasteiger partial charge in [-0.3, -0.25) is 0 Å². The average molecular weight is 351 g/mol. The van der Waals surface area contributed by atoms with Gasteiger partial charge in [-0.05, 0) is 36.6 Å². The normalized spacial score (nSPS) is 11.3. The van der Waals surface area contributed by atoms with E-state index < -0.39 is 0 Å². The number of aryl methyl sites for hydroxylation is 1. The minimum absolute atomic E-state index is 0.904. The van der Waals surface area contributed by atoms with Gasteiger partial charge in [-0.15, -0.1) is 0 Å². The Morgan fingerprint density at radius 1 is 0.577 bits per heavy atom. The van der Waals surface area contributed by atoms with Crippen molar-refractivity contribution < 1.29 is 0 Å². The lowest BCUT2D eigenvalue weighted by atomic mass is 10.0. The van der Waals surface area contributed by atoms with Crippen LogP contribution in [0.2, 0.25) is 0 Å². The van der Waals surface area contributed by atoms with Crippen LogP contribution in [-0.4, -0.2) is 0 Å². The minimum Gasteiger partial charge on any atom is -0.151 e. The Hall–Kier alpha value is -1.96. The zero-order chi connectivity index (χ0) is 18.3. The van der Waals surface area contributed by atoms with Gasteiger partial charge in [0.15, 0.2) is 0 Å². The molecule has 2 rings (SSSR count). The van der Waals surface area contributed by atoms with E-state index in [1.165, 1.54) is 69.8 Å². The van der Waals surface area contributed by atoms with Crippen LogP contribution in [0.1, 0.15) is 76.7 Å². The number of benzene rings is 2. The molecule has 0 aliphatic heterocycles. The standard InChI is InChI=1S/C24H34N2/c1-2-3-4-5-6-7-8-9-10-12-17-22-18-15-16-21-24(22)26-25-23-19-13-11-14-20-23/h11,13-16,18-21H,2-10,12,17H2,1H3. The third-order valence-electron chi connectivity index (χ3n) is 4.82. The van der Waals surface area contributed by atoms with Crippen LogP contribution in [0.5, 0.6) is 0 Å². The summed E-state index contributed by atoms with van der Waals surface area (Å²) in [5.74, 6) is 0. The summed E-state index contributed by atoms with van der Waals surface area (Å²) in [5, 5.41) is 8.83. The van der Waals surface area contributed by atoms with Crippen LogP contribution in [0, 0.1) is 0 Å². The smallest absolute Gasteiger partial charge is 0.0889 e. The van der Waals surface area contributed by atoms with Gasteiger partial charge in [0.05, 0.1) is 11.4 Å². The van der Waals surface area contributed by atoms with Crippen molar-refractivity contribution in [2.75, 3.05) is 0 Å². The number of azo groups is 1. The molecule has 0 N–H and O–H groups in total. The summed E-state index contributed by atoms with van der Waals surface area (Å²) in [6, 6.07) is 18.3. The molecule has 0 amide bonds. The van der Waals surface area contributed by atoms with Gasteiger partial charge in [-0.2, -0.15) is 10.2 Å². The molecule has 0 heterocycles. The van der Waals surface area contributed by atoms with Crippen LogP contribution < -0.4 is 0 Å². The van der Waals surface area contributed by atoms with Crippen molar-refractivity contribution in [3.05, 3.63) is 60.2 Å². The molecule has 0 aromatic heterocycles. The number of rotatable bonds is 13. The molecule has 2 heteroatoms. The number of nitrogens with zero attached hydrogens (tertiary/aromatic N) is 2. The van der Waals surface area contributed by atoms with Gasteiger partial charge in [0, 0.05) is 0 Å². The highest BCUT2D eigenvalue weighted by Gasteiger charge is 2.01. The van der Waals surface area contributed by atoms with E-state index in [0.29, 0.717) is 0 Å². The molecular formula is C24H34N2. The number of hydrogen-bond donors (Lipinski definition) is 0. The molecule has 2 aromatic carbocycles. The first-order valence-corrected chi connectivity index (χ1v) is 10.4. The Bertz CT molecular complexity index is 619. The second-order valence-electron chi connectivity index (χ2n) is 7.10. The van der Waals surface area contributed by atoms with E-state index in [9.17, 15) is 0 Å². The van der Waals surface area contributed by atoms with Crippen molar-refractivity contribution in [2.24, 2.45) is 10.2 Å². The van der Waals surface area contributed by atoms with Crippen LogP contribution in [0.15, 0.2) is 64.8 Å². The van der Waals surface area contributed by atoms with Crippen LogP contribution in [0.4, 0.5) is 11.4 Å². The third-order valence-corrected chi connectivity index (χ3v) is 4.82. The Morgan fingerprint density at radius 2 is 1.15 bits per heavy atom. The second kappa shape index (κ2) is 13.3. The average Bonchev–Trinajstić information content (AvgIpc) is 2.69. The van der Waals surface area contributed by atoms with Crippen LogP contribution >= 0.6 is 0 Å². The zero-order valence-electron chi connectivity index (χ0n) is 16.4. The van der Waals surface area contributed by atoms with E-state index in [2.05, 4.69) is 35.4 Å². The highest BCUT2D eigenvalue weighted by atomic mass is 15.1. The van der Waals surface area contributed by atoms with E-state index in [0.717, 1.165) is 17.8 Å². The van der Waals surface area contributed by atoms with Gasteiger partial charge in [0.2, 0.25) is 0 Å². The molecule has 0 fully saturated rings. The molecule has 0 saturated heterocycles. The maximum absolute atomic E-state index is 4.47. The zero-order valence-corrected chi connectivity index (χ0v) is 16.4. The Balaban J connectivity index is 1.66. The van der Waals surface area contributed by atoms with Crippen LogP contribution in [-0.2, 0) is 6.42 Å². The molecular weight excluding hydrogens is 316 g/mol. The maximum Gasteiger partial charge on any atom is 0.0889 e. The molecule has 0 aliphatic carbocycles. The number of unbranched alkanes of at least 4 members (excludes halogenated alkanes) is 9. The van der Waals surface area contributed by atoms with Crippen molar-refractivity contribution in [3.8, 4) is 0 Å². The topological polar surface area (TPSA) is 24.7 Å². The first-order valence-electron chi connectivity index (χ1n) is 10.4. The fourth-order valence-electron chi connectivity index (χ4n) is 3.23. The van der Waals surface area contributed by atoms with Gasteiger partial charge >= 0.3 is 0 Å². The van der Waals surface area contributed by atoms with Crippen molar-refractivity contribution >= 4 is 11.4 Å². The highest BCUT2D eigenvalue weighted by Crippen LogP contribution is 2.24. The Morgan fingerprint density at radius 3 is 1.85 bits per heavy atom. The Kier molecular flexibility index (Phi) is 10.4. The summed E-state index contributed by atoms with van der Waals surface area (Å²) in [7, 11) is 0. The first-order chi connectivity index (χ1) is 12.9. The molecule has 26 heavy (non-hydrogen) atoms. The van der Waals surface area contributed by atoms with E-state index in [-0.39, 0.29) is 0 Å². The molecule has 0 spiro atoms. The summed E-state index contributed by atoms with van der Waals surface area (Å²) < 4.78 is 0.